The van der Waals surface area contributed by atoms with E-state index in [0.717, 1.165) is 38.5 Å². The zero-order chi connectivity index (χ0) is 21.7. The number of amides is 1. The maximum atomic E-state index is 12.9. The van der Waals surface area contributed by atoms with Gasteiger partial charge in [-0.3, -0.25) is 4.79 Å². The SMILES string of the molecule is CC(OC(=O)c1cccc(S(=O)(=O)N2CCCCC2)c1)C(=O)NC1CCCCC1C. The summed E-state index contributed by atoms with van der Waals surface area (Å²) in [5, 5.41) is 2.99. The molecule has 1 saturated heterocycles. The van der Waals surface area contributed by atoms with Crippen LogP contribution in [-0.2, 0) is 19.6 Å². The van der Waals surface area contributed by atoms with Gasteiger partial charge in [0, 0.05) is 19.1 Å². The second-order valence-corrected chi connectivity index (χ2v) is 10.4. The van der Waals surface area contributed by atoms with Crippen molar-refractivity contribution in [3.05, 3.63) is 29.8 Å². The number of carbonyl (C=O) groups is 2. The molecule has 166 valence electrons. The van der Waals surface area contributed by atoms with E-state index in [-0.39, 0.29) is 22.4 Å². The molecule has 1 amide bonds. The van der Waals surface area contributed by atoms with Crippen LogP contribution in [0.5, 0.6) is 0 Å². The topological polar surface area (TPSA) is 92.8 Å². The second kappa shape index (κ2) is 9.92. The molecule has 2 fully saturated rings. The van der Waals surface area contributed by atoms with Crippen molar-refractivity contribution in [3.63, 3.8) is 0 Å². The normalized spacial score (nSPS) is 24.1. The first-order chi connectivity index (χ1) is 14.3. The molecule has 3 unspecified atom stereocenters. The number of rotatable bonds is 6. The van der Waals surface area contributed by atoms with Gasteiger partial charge in [-0.2, -0.15) is 4.31 Å². The largest absolute Gasteiger partial charge is 0.449 e. The Bertz CT molecular complexity index is 864. The third-order valence-electron chi connectivity index (χ3n) is 6.11. The molecule has 0 aromatic heterocycles. The second-order valence-electron chi connectivity index (χ2n) is 8.42. The highest BCUT2D eigenvalue weighted by molar-refractivity contribution is 7.89. The first kappa shape index (κ1) is 22.7. The van der Waals surface area contributed by atoms with E-state index < -0.39 is 22.1 Å². The number of piperidine rings is 1. The zero-order valence-corrected chi connectivity index (χ0v) is 18.6. The summed E-state index contributed by atoms with van der Waals surface area (Å²) >= 11 is 0. The number of nitrogens with one attached hydrogen (secondary N) is 1. The molecule has 7 nitrogen and oxygen atoms in total. The van der Waals surface area contributed by atoms with Gasteiger partial charge in [0.2, 0.25) is 10.0 Å². The summed E-state index contributed by atoms with van der Waals surface area (Å²) in [5.74, 6) is -0.619. The Morgan fingerprint density at radius 2 is 1.80 bits per heavy atom. The maximum Gasteiger partial charge on any atom is 0.338 e. The van der Waals surface area contributed by atoms with Crippen molar-refractivity contribution in [2.75, 3.05) is 13.1 Å². The lowest BCUT2D eigenvalue weighted by molar-refractivity contribution is -0.130. The lowest BCUT2D eigenvalue weighted by atomic mass is 9.86. The van der Waals surface area contributed by atoms with Gasteiger partial charge in [-0.1, -0.05) is 32.3 Å². The van der Waals surface area contributed by atoms with Crippen molar-refractivity contribution in [3.8, 4) is 0 Å². The lowest BCUT2D eigenvalue weighted by Crippen LogP contribution is -2.46. The highest BCUT2D eigenvalue weighted by Gasteiger charge is 2.28. The van der Waals surface area contributed by atoms with Crippen LogP contribution in [-0.4, -0.2) is 49.8 Å². The van der Waals surface area contributed by atoms with Crippen molar-refractivity contribution in [2.45, 2.75) is 75.8 Å². The predicted octanol–water partition coefficient (Wildman–Crippen LogP) is 3.10. The number of hydrogen-bond donors (Lipinski definition) is 1. The molecule has 1 aliphatic carbocycles. The Balaban J connectivity index is 1.63. The van der Waals surface area contributed by atoms with Crippen LogP contribution in [0.3, 0.4) is 0 Å². The number of esters is 1. The van der Waals surface area contributed by atoms with Gasteiger partial charge < -0.3 is 10.1 Å². The van der Waals surface area contributed by atoms with Gasteiger partial charge in [0.25, 0.3) is 5.91 Å². The van der Waals surface area contributed by atoms with Crippen LogP contribution in [0, 0.1) is 5.92 Å². The molecular weight excluding hydrogens is 404 g/mol. The Morgan fingerprint density at radius 1 is 1.10 bits per heavy atom. The zero-order valence-electron chi connectivity index (χ0n) is 17.8. The van der Waals surface area contributed by atoms with E-state index in [9.17, 15) is 18.0 Å². The maximum absolute atomic E-state index is 12.9. The van der Waals surface area contributed by atoms with Crippen molar-refractivity contribution < 1.29 is 22.7 Å². The average molecular weight is 437 g/mol. The average Bonchev–Trinajstić information content (AvgIpc) is 2.76. The molecule has 0 bridgehead atoms. The number of sulfonamides is 1. The van der Waals surface area contributed by atoms with E-state index >= 15 is 0 Å². The third kappa shape index (κ3) is 5.40. The number of carbonyl (C=O) groups excluding carboxylic acids is 2. The van der Waals surface area contributed by atoms with Gasteiger partial charge in [0.1, 0.15) is 0 Å². The highest BCUT2D eigenvalue weighted by Crippen LogP contribution is 2.24. The monoisotopic (exact) mass is 436 g/mol. The summed E-state index contributed by atoms with van der Waals surface area (Å²) in [5.41, 5.74) is 0.124. The minimum Gasteiger partial charge on any atom is -0.449 e. The standard InChI is InChI=1S/C22H32N2O5S/c1-16-9-4-5-12-20(16)23-21(25)17(2)29-22(26)18-10-8-11-19(15-18)30(27,28)24-13-6-3-7-14-24/h8,10-11,15-17,20H,3-7,9,12-14H2,1-2H3,(H,23,25). The number of nitrogens with zero attached hydrogens (tertiary/aromatic N) is 1. The summed E-state index contributed by atoms with van der Waals surface area (Å²) in [6.45, 7) is 4.64. The summed E-state index contributed by atoms with van der Waals surface area (Å²) in [6.07, 6.45) is 6.03. The predicted molar refractivity (Wildman–Crippen MR) is 113 cm³/mol. The van der Waals surface area contributed by atoms with Crippen molar-refractivity contribution in [1.82, 2.24) is 9.62 Å². The number of ether oxygens (including phenoxy) is 1. The fourth-order valence-electron chi connectivity index (χ4n) is 4.15. The number of hydrogen-bond acceptors (Lipinski definition) is 5. The van der Waals surface area contributed by atoms with Gasteiger partial charge in [-0.25, -0.2) is 13.2 Å². The molecule has 1 N–H and O–H groups in total. The Labute approximate surface area is 179 Å². The van der Waals surface area contributed by atoms with Crippen molar-refractivity contribution >= 4 is 21.9 Å². The van der Waals surface area contributed by atoms with Gasteiger partial charge in [-0.15, -0.1) is 0 Å². The van der Waals surface area contributed by atoms with Crippen LogP contribution < -0.4 is 5.32 Å². The molecule has 1 saturated carbocycles. The van der Waals surface area contributed by atoms with Gasteiger partial charge in [0.15, 0.2) is 6.10 Å². The molecule has 0 spiro atoms. The smallest absolute Gasteiger partial charge is 0.338 e. The first-order valence-corrected chi connectivity index (χ1v) is 12.3. The summed E-state index contributed by atoms with van der Waals surface area (Å²) in [4.78, 5) is 25.1. The summed E-state index contributed by atoms with van der Waals surface area (Å²) in [7, 11) is -3.64. The summed E-state index contributed by atoms with van der Waals surface area (Å²) in [6, 6.07) is 5.96. The molecule has 1 heterocycles. The molecule has 30 heavy (non-hydrogen) atoms. The van der Waals surface area contributed by atoms with Crippen molar-refractivity contribution in [2.24, 2.45) is 5.92 Å². The van der Waals surface area contributed by atoms with Crippen LogP contribution in [0.4, 0.5) is 0 Å². The van der Waals surface area contributed by atoms with E-state index in [4.69, 9.17) is 4.74 Å². The van der Waals surface area contributed by atoms with E-state index in [2.05, 4.69) is 12.2 Å². The van der Waals surface area contributed by atoms with E-state index in [1.54, 1.807) is 0 Å². The minimum atomic E-state index is -3.64. The fourth-order valence-corrected chi connectivity index (χ4v) is 5.71. The van der Waals surface area contributed by atoms with Crippen LogP contribution in [0.2, 0.25) is 0 Å². The molecular formula is C22H32N2O5S. The van der Waals surface area contributed by atoms with Crippen LogP contribution in [0.15, 0.2) is 29.2 Å². The van der Waals surface area contributed by atoms with Gasteiger partial charge in [-0.05, 0) is 56.7 Å². The Hall–Kier alpha value is -1.93. The van der Waals surface area contributed by atoms with E-state index in [1.165, 1.54) is 41.9 Å². The summed E-state index contributed by atoms with van der Waals surface area (Å²) < 4.78 is 32.5. The molecule has 3 atom stereocenters. The molecule has 2 aliphatic rings. The van der Waals surface area contributed by atoms with Crippen LogP contribution >= 0.6 is 0 Å². The molecule has 1 aromatic rings. The fraction of sp³-hybridized carbons (Fsp3) is 0.636. The quantitative estimate of drug-likeness (QED) is 0.692. The van der Waals surface area contributed by atoms with E-state index in [0.29, 0.717) is 19.0 Å². The molecule has 8 heteroatoms. The van der Waals surface area contributed by atoms with Crippen LogP contribution in [0.1, 0.15) is 69.2 Å². The van der Waals surface area contributed by atoms with E-state index in [1.807, 2.05) is 0 Å². The Morgan fingerprint density at radius 3 is 2.50 bits per heavy atom. The molecule has 1 aliphatic heterocycles. The molecule has 3 rings (SSSR count). The van der Waals surface area contributed by atoms with Crippen LogP contribution in [0.25, 0.3) is 0 Å². The Kier molecular flexibility index (Phi) is 7.52. The third-order valence-corrected chi connectivity index (χ3v) is 8.01. The molecule has 0 radical (unpaired) electrons. The minimum absolute atomic E-state index is 0.0759. The highest BCUT2D eigenvalue weighted by atomic mass is 32.2. The molecule has 1 aromatic carbocycles. The van der Waals surface area contributed by atoms with Gasteiger partial charge in [0.05, 0.1) is 10.5 Å². The number of benzene rings is 1. The first-order valence-electron chi connectivity index (χ1n) is 10.9. The van der Waals surface area contributed by atoms with Crippen molar-refractivity contribution in [1.29, 1.82) is 0 Å². The lowest BCUT2D eigenvalue weighted by Gasteiger charge is -2.30. The van der Waals surface area contributed by atoms with Gasteiger partial charge >= 0.3 is 5.97 Å².